The molecule has 0 radical (unpaired) electrons. The summed E-state index contributed by atoms with van der Waals surface area (Å²) in [6, 6.07) is 10.5. The number of amides is 1. The molecular weight excluding hydrogens is 587 g/mol. The quantitative estimate of drug-likeness (QED) is 0.407. The number of aromatic nitrogens is 2. The molecule has 1 N–H and O–H groups in total. The van der Waals surface area contributed by atoms with Gasteiger partial charge in [-0.05, 0) is 30.3 Å². The third-order valence-corrected chi connectivity index (χ3v) is 9.05. The number of carbonyl (C=O) groups is 1. The number of para-hydroxylation sites is 1. The molecule has 0 unspecified atom stereocenters. The Bertz CT molecular complexity index is 1500. The second kappa shape index (κ2) is 11.3. The lowest BCUT2D eigenvalue weighted by Crippen LogP contribution is -2.48. The van der Waals surface area contributed by atoms with Gasteiger partial charge in [-0.1, -0.05) is 47.8 Å². The van der Waals surface area contributed by atoms with E-state index < -0.39 is 9.84 Å². The molecule has 0 bridgehead atoms. The largest absolute Gasteiger partial charge is 0.455 e. The Morgan fingerprint density at radius 3 is 2.41 bits per heavy atom. The van der Waals surface area contributed by atoms with Crippen molar-refractivity contribution in [2.45, 2.75) is 6.92 Å². The minimum absolute atomic E-state index is 0.0792. The van der Waals surface area contributed by atoms with Crippen molar-refractivity contribution in [2.24, 2.45) is 0 Å². The average molecular weight is 612 g/mol. The first-order valence-electron chi connectivity index (χ1n) is 12.1. The molecule has 3 aromatic rings. The Kier molecular flexibility index (Phi) is 8.06. The van der Waals surface area contributed by atoms with Crippen molar-refractivity contribution in [3.8, 4) is 5.88 Å². The predicted octanol–water partition coefficient (Wildman–Crippen LogP) is 4.69. The minimum atomic E-state index is -3.05. The highest BCUT2D eigenvalue weighted by Gasteiger charge is 2.31. The number of piperazine rings is 1. The maximum atomic E-state index is 13.1. The summed E-state index contributed by atoms with van der Waals surface area (Å²) in [6.45, 7) is 4.16. The summed E-state index contributed by atoms with van der Waals surface area (Å²) in [6.07, 6.45) is 1.39. The van der Waals surface area contributed by atoms with Crippen LogP contribution in [0.2, 0.25) is 15.1 Å². The van der Waals surface area contributed by atoms with E-state index in [9.17, 15) is 13.2 Å². The van der Waals surface area contributed by atoms with E-state index in [0.717, 1.165) is 5.69 Å². The maximum absolute atomic E-state index is 13.1. The van der Waals surface area contributed by atoms with Gasteiger partial charge in [-0.2, -0.15) is 4.98 Å². The van der Waals surface area contributed by atoms with Gasteiger partial charge >= 0.3 is 0 Å². The number of fused-ring (bicyclic) bond motifs is 1. The minimum Gasteiger partial charge on any atom is -0.455 e. The van der Waals surface area contributed by atoms with Crippen molar-refractivity contribution >= 4 is 73.6 Å². The van der Waals surface area contributed by atoms with Crippen LogP contribution in [-0.4, -0.2) is 73.7 Å². The molecule has 0 spiro atoms. The normalized spacial score (nSPS) is 16.2. The topological polar surface area (TPSA) is 108 Å². The Morgan fingerprint density at radius 1 is 1.03 bits per heavy atom. The summed E-state index contributed by atoms with van der Waals surface area (Å²) in [5.74, 6) is 0.218. The van der Waals surface area contributed by atoms with Crippen molar-refractivity contribution < 1.29 is 17.9 Å². The van der Waals surface area contributed by atoms with E-state index >= 15 is 0 Å². The number of ether oxygens (including phenoxy) is 1. The van der Waals surface area contributed by atoms with Crippen LogP contribution < -0.4 is 19.9 Å². The molecule has 14 heteroatoms. The Balaban J connectivity index is 1.25. The van der Waals surface area contributed by atoms with E-state index in [2.05, 4.69) is 20.2 Å². The molecule has 206 valence electrons. The lowest BCUT2D eigenvalue weighted by atomic mass is 10.2. The van der Waals surface area contributed by atoms with Crippen LogP contribution in [0.4, 0.5) is 23.0 Å². The molecule has 2 aliphatic rings. The van der Waals surface area contributed by atoms with Crippen molar-refractivity contribution in [1.82, 2.24) is 14.9 Å². The van der Waals surface area contributed by atoms with Crippen LogP contribution in [0.1, 0.15) is 17.3 Å². The third kappa shape index (κ3) is 6.02. The van der Waals surface area contributed by atoms with Gasteiger partial charge in [-0.15, -0.1) is 0 Å². The molecule has 1 amide bonds. The first kappa shape index (κ1) is 27.7. The monoisotopic (exact) mass is 610 g/mol. The van der Waals surface area contributed by atoms with E-state index in [0.29, 0.717) is 52.6 Å². The van der Waals surface area contributed by atoms with E-state index in [1.54, 1.807) is 31.2 Å². The average Bonchev–Trinajstić information content (AvgIpc) is 2.90. The smallest absolute Gasteiger partial charge is 0.268 e. The van der Waals surface area contributed by atoms with Crippen molar-refractivity contribution in [3.63, 3.8) is 0 Å². The number of hydrogen-bond donors (Lipinski definition) is 1. The highest BCUT2D eigenvalue weighted by atomic mass is 35.5. The molecule has 39 heavy (non-hydrogen) atoms. The molecule has 1 aromatic heterocycles. The first-order valence-corrected chi connectivity index (χ1v) is 15.1. The summed E-state index contributed by atoms with van der Waals surface area (Å²) in [5, 5.41) is 4.28. The van der Waals surface area contributed by atoms with Gasteiger partial charge in [0.1, 0.15) is 11.4 Å². The molecule has 3 heterocycles. The summed E-state index contributed by atoms with van der Waals surface area (Å²) < 4.78 is 29.6. The fourth-order valence-electron chi connectivity index (χ4n) is 4.38. The van der Waals surface area contributed by atoms with Crippen molar-refractivity contribution in [1.29, 1.82) is 0 Å². The van der Waals surface area contributed by atoms with Crippen LogP contribution in [0.5, 0.6) is 5.88 Å². The maximum Gasteiger partial charge on any atom is 0.268 e. The number of nitrogens with one attached hydrogen (secondary N) is 1. The molecule has 1 fully saturated rings. The highest BCUT2D eigenvalue weighted by molar-refractivity contribution is 7.91. The molecule has 10 nitrogen and oxygen atoms in total. The lowest BCUT2D eigenvalue weighted by molar-refractivity contribution is 0.0932. The fourth-order valence-corrected chi connectivity index (χ4v) is 6.28. The number of benzene rings is 2. The predicted molar refractivity (Wildman–Crippen MR) is 154 cm³/mol. The molecule has 5 rings (SSSR count). The SMILES string of the molecule is CCS(=O)(=O)CN1CCN(c2ccc(Nc3ncc4c(n3)OCN(c3c(Cl)cccc3Cl)C4=O)cc2Cl)CC1. The fraction of sp³-hybridized carbons (Fsp3) is 0.320. The highest BCUT2D eigenvalue weighted by Crippen LogP contribution is 2.37. The van der Waals surface area contributed by atoms with Crippen LogP contribution >= 0.6 is 34.8 Å². The number of hydrogen-bond acceptors (Lipinski definition) is 9. The zero-order valence-electron chi connectivity index (χ0n) is 20.9. The first-order chi connectivity index (χ1) is 18.6. The van der Waals surface area contributed by atoms with Gasteiger partial charge in [0.2, 0.25) is 11.8 Å². The zero-order chi connectivity index (χ0) is 27.7. The Morgan fingerprint density at radius 2 is 1.74 bits per heavy atom. The second-order valence-electron chi connectivity index (χ2n) is 9.05. The van der Waals surface area contributed by atoms with E-state index in [1.807, 2.05) is 17.0 Å². The molecular formula is C25H25Cl3N6O4S. The van der Waals surface area contributed by atoms with Gasteiger partial charge in [-0.3, -0.25) is 14.6 Å². The third-order valence-electron chi connectivity index (χ3n) is 6.50. The zero-order valence-corrected chi connectivity index (χ0v) is 24.0. The van der Waals surface area contributed by atoms with Gasteiger partial charge in [-0.25, -0.2) is 13.4 Å². The van der Waals surface area contributed by atoms with Gasteiger partial charge in [0.25, 0.3) is 5.91 Å². The van der Waals surface area contributed by atoms with Crippen LogP contribution in [0.15, 0.2) is 42.6 Å². The number of nitrogens with zero attached hydrogens (tertiary/aromatic N) is 5. The van der Waals surface area contributed by atoms with Crippen LogP contribution in [-0.2, 0) is 9.84 Å². The summed E-state index contributed by atoms with van der Waals surface area (Å²) >= 11 is 19.1. The van der Waals surface area contributed by atoms with Gasteiger partial charge < -0.3 is 15.0 Å². The molecule has 0 atom stereocenters. The summed E-state index contributed by atoms with van der Waals surface area (Å²) in [4.78, 5) is 27.1. The molecule has 0 aliphatic carbocycles. The van der Waals surface area contributed by atoms with Gasteiger partial charge in [0, 0.05) is 43.8 Å². The van der Waals surface area contributed by atoms with Crippen LogP contribution in [0.3, 0.4) is 0 Å². The van der Waals surface area contributed by atoms with E-state index in [4.69, 9.17) is 39.5 Å². The van der Waals surface area contributed by atoms with Gasteiger partial charge in [0.15, 0.2) is 16.6 Å². The van der Waals surface area contributed by atoms with Crippen molar-refractivity contribution in [2.75, 3.05) is 59.7 Å². The molecule has 2 aromatic carbocycles. The number of carbonyl (C=O) groups excluding carboxylic acids is 1. The summed E-state index contributed by atoms with van der Waals surface area (Å²) in [5.41, 5.74) is 2.06. The second-order valence-corrected chi connectivity index (χ2v) is 12.6. The standard InChI is InChI=1S/C25H25Cl3N6O4S/c1-2-39(36,37)15-32-8-10-33(11-9-32)21-7-6-16(12-20(21)28)30-25-29-13-17-23(31-25)38-14-34(24(17)35)22-18(26)4-3-5-19(22)27/h3-7,12-13H,2,8-11,14-15H2,1H3,(H,29,30,31). The number of halogens is 3. The van der Waals surface area contributed by atoms with Crippen LogP contribution in [0.25, 0.3) is 0 Å². The van der Waals surface area contributed by atoms with E-state index in [-0.39, 0.29) is 41.7 Å². The number of rotatable bonds is 7. The van der Waals surface area contributed by atoms with E-state index in [1.165, 1.54) is 11.1 Å². The van der Waals surface area contributed by atoms with Crippen LogP contribution in [0, 0.1) is 0 Å². The molecule has 1 saturated heterocycles. The Labute approximate surface area is 241 Å². The van der Waals surface area contributed by atoms with Crippen molar-refractivity contribution in [3.05, 3.63) is 63.2 Å². The molecule has 0 saturated carbocycles. The lowest BCUT2D eigenvalue weighted by Gasteiger charge is -2.36. The number of sulfone groups is 1. The molecule has 2 aliphatic heterocycles. The number of anilines is 4. The summed E-state index contributed by atoms with van der Waals surface area (Å²) in [7, 11) is -3.05. The van der Waals surface area contributed by atoms with Gasteiger partial charge in [0.05, 0.1) is 26.4 Å². The Hall–Kier alpha value is -2.83.